The van der Waals surface area contributed by atoms with E-state index in [1.165, 1.54) is 31.2 Å². The van der Waals surface area contributed by atoms with Crippen molar-refractivity contribution in [3.63, 3.8) is 0 Å². The number of hydrogen-bond donors (Lipinski definition) is 1. The highest BCUT2D eigenvalue weighted by atomic mass is 19.1. The van der Waals surface area contributed by atoms with Crippen molar-refractivity contribution in [1.82, 2.24) is 0 Å². The molecule has 1 N–H and O–H groups in total. The summed E-state index contributed by atoms with van der Waals surface area (Å²) in [6, 6.07) is 5.55. The Morgan fingerprint density at radius 3 is 2.42 bits per heavy atom. The minimum absolute atomic E-state index is 0.0425. The number of carbonyl (C=O) groups is 2. The van der Waals surface area contributed by atoms with Gasteiger partial charge in [0, 0.05) is 6.42 Å². The Hall–Kier alpha value is -1.95. The first-order chi connectivity index (χ1) is 11.4. The van der Waals surface area contributed by atoms with E-state index in [-0.39, 0.29) is 19.0 Å². The Morgan fingerprint density at radius 1 is 1.17 bits per heavy atom. The van der Waals surface area contributed by atoms with Gasteiger partial charge in [-0.05, 0) is 31.0 Å². The maximum atomic E-state index is 12.8. The molecule has 0 aliphatic heterocycles. The van der Waals surface area contributed by atoms with Gasteiger partial charge in [0.2, 0.25) is 0 Å². The molecule has 0 bridgehead atoms. The van der Waals surface area contributed by atoms with Crippen molar-refractivity contribution >= 4 is 11.9 Å². The molecule has 5 nitrogen and oxygen atoms in total. The lowest BCUT2D eigenvalue weighted by atomic mass is 9.93. The summed E-state index contributed by atoms with van der Waals surface area (Å²) < 4.78 is 23.1. The zero-order valence-electron chi connectivity index (χ0n) is 14.2. The third-order valence-corrected chi connectivity index (χ3v) is 3.66. The SMILES string of the molecule is CCCCCC(=O)OCC(C)(CO)C(=O)OCc1ccc(F)cc1. The van der Waals surface area contributed by atoms with Gasteiger partial charge in [0.1, 0.15) is 24.4 Å². The highest BCUT2D eigenvalue weighted by Gasteiger charge is 2.36. The highest BCUT2D eigenvalue weighted by molar-refractivity contribution is 5.77. The summed E-state index contributed by atoms with van der Waals surface area (Å²) >= 11 is 0. The monoisotopic (exact) mass is 340 g/mol. The third-order valence-electron chi connectivity index (χ3n) is 3.66. The maximum Gasteiger partial charge on any atom is 0.317 e. The number of aliphatic hydroxyl groups excluding tert-OH is 1. The van der Waals surface area contributed by atoms with E-state index >= 15 is 0 Å². The molecular weight excluding hydrogens is 315 g/mol. The first-order valence-corrected chi connectivity index (χ1v) is 8.09. The third kappa shape index (κ3) is 6.66. The van der Waals surface area contributed by atoms with E-state index in [0.717, 1.165) is 19.3 Å². The molecule has 1 aromatic carbocycles. The molecule has 1 rings (SSSR count). The fraction of sp³-hybridized carbons (Fsp3) is 0.556. The van der Waals surface area contributed by atoms with E-state index in [0.29, 0.717) is 12.0 Å². The Kier molecular flexibility index (Phi) is 8.40. The van der Waals surface area contributed by atoms with Crippen LogP contribution in [0, 0.1) is 11.2 Å². The predicted octanol–water partition coefficient (Wildman–Crippen LogP) is 2.99. The molecule has 134 valence electrons. The summed E-state index contributed by atoms with van der Waals surface area (Å²) in [6.07, 6.45) is 2.96. The molecule has 6 heteroatoms. The number of esters is 2. The average molecular weight is 340 g/mol. The van der Waals surface area contributed by atoms with Gasteiger partial charge in [-0.2, -0.15) is 0 Å². The van der Waals surface area contributed by atoms with Gasteiger partial charge in [0.25, 0.3) is 0 Å². The first kappa shape index (κ1) is 20.1. The second-order valence-electron chi connectivity index (χ2n) is 6.04. The van der Waals surface area contributed by atoms with Crippen LogP contribution in [0.25, 0.3) is 0 Å². The lowest BCUT2D eigenvalue weighted by molar-refractivity contribution is -0.166. The fourth-order valence-electron chi connectivity index (χ4n) is 1.90. The number of rotatable bonds is 10. The van der Waals surface area contributed by atoms with Crippen LogP contribution in [-0.4, -0.2) is 30.3 Å². The van der Waals surface area contributed by atoms with Crippen molar-refractivity contribution in [2.24, 2.45) is 5.41 Å². The lowest BCUT2D eigenvalue weighted by Crippen LogP contribution is -2.38. The lowest BCUT2D eigenvalue weighted by Gasteiger charge is -2.24. The number of aliphatic hydroxyl groups is 1. The van der Waals surface area contributed by atoms with Gasteiger partial charge in [-0.1, -0.05) is 31.9 Å². The van der Waals surface area contributed by atoms with Crippen LogP contribution in [0.5, 0.6) is 0 Å². The van der Waals surface area contributed by atoms with E-state index in [2.05, 4.69) is 0 Å². The van der Waals surface area contributed by atoms with Gasteiger partial charge in [0.15, 0.2) is 0 Å². The normalized spacial score (nSPS) is 13.2. The Bertz CT molecular complexity index is 529. The van der Waals surface area contributed by atoms with Crippen LogP contribution in [-0.2, 0) is 25.7 Å². The fourth-order valence-corrected chi connectivity index (χ4v) is 1.90. The van der Waals surface area contributed by atoms with Gasteiger partial charge in [-0.15, -0.1) is 0 Å². The van der Waals surface area contributed by atoms with Gasteiger partial charge in [0.05, 0.1) is 6.61 Å². The Labute approximate surface area is 141 Å². The van der Waals surface area contributed by atoms with Crippen molar-refractivity contribution in [3.8, 4) is 0 Å². The van der Waals surface area contributed by atoms with Gasteiger partial charge in [-0.25, -0.2) is 4.39 Å². The first-order valence-electron chi connectivity index (χ1n) is 8.09. The van der Waals surface area contributed by atoms with Crippen LogP contribution in [0.3, 0.4) is 0 Å². The summed E-state index contributed by atoms with van der Waals surface area (Å²) in [5, 5.41) is 9.47. The molecule has 0 aliphatic carbocycles. The zero-order chi connectivity index (χ0) is 18.0. The van der Waals surface area contributed by atoms with Crippen molar-refractivity contribution in [2.45, 2.75) is 46.1 Å². The molecule has 24 heavy (non-hydrogen) atoms. The highest BCUT2D eigenvalue weighted by Crippen LogP contribution is 2.20. The van der Waals surface area contributed by atoms with Gasteiger partial charge in [-0.3, -0.25) is 9.59 Å². The Balaban J connectivity index is 2.47. The smallest absolute Gasteiger partial charge is 0.317 e. The maximum absolute atomic E-state index is 12.8. The number of unbranched alkanes of at least 4 members (excludes halogenated alkanes) is 2. The second-order valence-corrected chi connectivity index (χ2v) is 6.04. The van der Waals surface area contributed by atoms with Crippen LogP contribution >= 0.6 is 0 Å². The number of hydrogen-bond acceptors (Lipinski definition) is 5. The van der Waals surface area contributed by atoms with Crippen molar-refractivity contribution in [1.29, 1.82) is 0 Å². The van der Waals surface area contributed by atoms with Crippen molar-refractivity contribution in [3.05, 3.63) is 35.6 Å². The van der Waals surface area contributed by atoms with E-state index in [1.54, 1.807) is 0 Å². The molecule has 1 unspecified atom stereocenters. The van der Waals surface area contributed by atoms with Crippen LogP contribution in [0.15, 0.2) is 24.3 Å². The van der Waals surface area contributed by atoms with E-state index < -0.39 is 24.0 Å². The molecule has 1 aromatic rings. The van der Waals surface area contributed by atoms with Crippen LogP contribution in [0.1, 0.15) is 45.1 Å². The summed E-state index contributed by atoms with van der Waals surface area (Å²) in [5.41, 5.74) is -0.693. The molecule has 0 fully saturated rings. The molecule has 0 aromatic heterocycles. The van der Waals surface area contributed by atoms with E-state index in [9.17, 15) is 19.1 Å². The molecule has 0 heterocycles. The van der Waals surface area contributed by atoms with Crippen molar-refractivity contribution in [2.75, 3.05) is 13.2 Å². The van der Waals surface area contributed by atoms with Crippen LogP contribution in [0.2, 0.25) is 0 Å². The quantitative estimate of drug-likeness (QED) is 0.524. The predicted molar refractivity (Wildman–Crippen MR) is 86.5 cm³/mol. The molecule has 1 atom stereocenters. The summed E-state index contributed by atoms with van der Waals surface area (Å²) in [7, 11) is 0. The minimum Gasteiger partial charge on any atom is -0.464 e. The van der Waals surface area contributed by atoms with Crippen LogP contribution < -0.4 is 0 Å². The summed E-state index contributed by atoms with van der Waals surface area (Å²) in [4.78, 5) is 23.8. The number of ether oxygens (including phenoxy) is 2. The number of halogens is 1. The molecule has 0 spiro atoms. The molecular formula is C18H25FO5. The Morgan fingerprint density at radius 2 is 1.83 bits per heavy atom. The standard InChI is InChI=1S/C18H25FO5/c1-3-4-5-6-16(21)24-13-18(2,12-20)17(22)23-11-14-7-9-15(19)10-8-14/h7-10,20H,3-6,11-13H2,1-2H3. The second kappa shape index (κ2) is 10.0. The average Bonchev–Trinajstić information content (AvgIpc) is 2.59. The molecule has 0 saturated carbocycles. The summed E-state index contributed by atoms with van der Waals surface area (Å²) in [5.74, 6) is -1.44. The van der Waals surface area contributed by atoms with Gasteiger partial charge < -0.3 is 14.6 Å². The topological polar surface area (TPSA) is 72.8 Å². The van der Waals surface area contributed by atoms with E-state index in [1.807, 2.05) is 6.92 Å². The molecule has 0 radical (unpaired) electrons. The van der Waals surface area contributed by atoms with Crippen molar-refractivity contribution < 1.29 is 28.6 Å². The number of benzene rings is 1. The summed E-state index contributed by atoms with van der Waals surface area (Å²) in [6.45, 7) is 2.72. The number of carbonyl (C=O) groups excluding carboxylic acids is 2. The molecule has 0 saturated heterocycles. The van der Waals surface area contributed by atoms with E-state index in [4.69, 9.17) is 9.47 Å². The van der Waals surface area contributed by atoms with Gasteiger partial charge >= 0.3 is 11.9 Å². The molecule has 0 aliphatic rings. The van der Waals surface area contributed by atoms with Crippen LogP contribution in [0.4, 0.5) is 4.39 Å². The largest absolute Gasteiger partial charge is 0.464 e. The minimum atomic E-state index is -1.32. The molecule has 0 amide bonds. The zero-order valence-corrected chi connectivity index (χ0v) is 14.2.